The van der Waals surface area contributed by atoms with Gasteiger partial charge >= 0.3 is 0 Å². The smallest absolute Gasteiger partial charge is 0.227 e. The summed E-state index contributed by atoms with van der Waals surface area (Å²) in [7, 11) is 0. The lowest BCUT2D eigenvalue weighted by Gasteiger charge is -2.15. The van der Waals surface area contributed by atoms with Crippen molar-refractivity contribution in [3.8, 4) is 0 Å². The molecule has 2 aromatic carbocycles. The summed E-state index contributed by atoms with van der Waals surface area (Å²) in [4.78, 5) is 24.0. The van der Waals surface area contributed by atoms with Crippen LogP contribution in [0, 0.1) is 5.92 Å². The van der Waals surface area contributed by atoms with E-state index in [-0.39, 0.29) is 23.8 Å². The summed E-state index contributed by atoms with van der Waals surface area (Å²) in [5, 5.41) is 5.92. The van der Waals surface area contributed by atoms with Crippen molar-refractivity contribution in [2.75, 3.05) is 11.1 Å². The first-order valence-electron chi connectivity index (χ1n) is 9.06. The molecule has 1 aliphatic carbocycles. The van der Waals surface area contributed by atoms with Crippen LogP contribution in [-0.4, -0.2) is 11.8 Å². The molecule has 2 aromatic rings. The van der Waals surface area contributed by atoms with E-state index in [1.807, 2.05) is 55.5 Å². The molecule has 136 valence electrons. The summed E-state index contributed by atoms with van der Waals surface area (Å²) in [6, 6.07) is 15.1. The third-order valence-corrected chi connectivity index (χ3v) is 4.68. The van der Waals surface area contributed by atoms with Crippen LogP contribution in [-0.2, 0) is 16.0 Å². The van der Waals surface area contributed by atoms with Gasteiger partial charge in [0.25, 0.3) is 0 Å². The van der Waals surface area contributed by atoms with E-state index in [0.29, 0.717) is 12.8 Å². The average molecular weight is 351 g/mol. The highest BCUT2D eigenvalue weighted by molar-refractivity contribution is 5.94. The van der Waals surface area contributed by atoms with Crippen molar-refractivity contribution in [3.05, 3.63) is 59.7 Å². The standard InChI is InChI=1S/C21H25N3O2/c1-14(23-20(25)13-10-16-4-2-3-5-19(16)22)15-8-11-18(12-9-15)24-21(26)17-6-7-17/h2-5,8-9,11-12,14,17H,6-7,10,13,22H2,1H3,(H,23,25)(H,24,26). The molecule has 0 heterocycles. The minimum absolute atomic E-state index is 0.00753. The van der Waals surface area contributed by atoms with E-state index in [0.717, 1.165) is 35.3 Å². The number of amides is 2. The highest BCUT2D eigenvalue weighted by Gasteiger charge is 2.29. The zero-order valence-corrected chi connectivity index (χ0v) is 15.0. The Bertz CT molecular complexity index is 782. The van der Waals surface area contributed by atoms with Crippen LogP contribution in [0.3, 0.4) is 0 Å². The monoisotopic (exact) mass is 351 g/mol. The first kappa shape index (κ1) is 18.0. The van der Waals surface area contributed by atoms with Crippen molar-refractivity contribution in [1.29, 1.82) is 0 Å². The maximum absolute atomic E-state index is 12.2. The van der Waals surface area contributed by atoms with Crippen molar-refractivity contribution in [3.63, 3.8) is 0 Å². The molecule has 5 heteroatoms. The number of para-hydroxylation sites is 1. The molecule has 1 unspecified atom stereocenters. The number of nitrogens with two attached hydrogens (primary N) is 1. The number of nitrogens with one attached hydrogen (secondary N) is 2. The maximum Gasteiger partial charge on any atom is 0.227 e. The summed E-state index contributed by atoms with van der Waals surface area (Å²) in [6.07, 6.45) is 2.99. The van der Waals surface area contributed by atoms with Crippen LogP contribution >= 0.6 is 0 Å². The van der Waals surface area contributed by atoms with Gasteiger partial charge in [-0.15, -0.1) is 0 Å². The lowest BCUT2D eigenvalue weighted by atomic mass is 10.1. The van der Waals surface area contributed by atoms with Gasteiger partial charge in [0.15, 0.2) is 0 Å². The molecule has 5 nitrogen and oxygen atoms in total. The van der Waals surface area contributed by atoms with E-state index in [1.165, 1.54) is 0 Å². The van der Waals surface area contributed by atoms with Crippen LogP contribution in [0.15, 0.2) is 48.5 Å². The van der Waals surface area contributed by atoms with Crippen LogP contribution in [0.1, 0.15) is 43.4 Å². The number of carbonyl (C=O) groups is 2. The molecule has 0 bridgehead atoms. The zero-order chi connectivity index (χ0) is 18.5. The first-order chi connectivity index (χ1) is 12.5. The highest BCUT2D eigenvalue weighted by Crippen LogP contribution is 2.30. The van der Waals surface area contributed by atoms with Crippen LogP contribution in [0.25, 0.3) is 0 Å². The normalized spacial score (nSPS) is 14.5. The second-order valence-electron chi connectivity index (χ2n) is 6.87. The molecule has 0 aliphatic heterocycles. The second kappa shape index (κ2) is 8.04. The van der Waals surface area contributed by atoms with Gasteiger partial charge < -0.3 is 16.4 Å². The van der Waals surface area contributed by atoms with Crippen molar-refractivity contribution >= 4 is 23.2 Å². The minimum atomic E-state index is -0.0937. The van der Waals surface area contributed by atoms with Crippen molar-refractivity contribution in [1.82, 2.24) is 5.32 Å². The predicted octanol–water partition coefficient (Wildman–Crippen LogP) is 3.43. The highest BCUT2D eigenvalue weighted by atomic mass is 16.2. The van der Waals surface area contributed by atoms with Crippen molar-refractivity contribution in [2.45, 2.75) is 38.6 Å². The van der Waals surface area contributed by atoms with Crippen LogP contribution in [0.2, 0.25) is 0 Å². The quantitative estimate of drug-likeness (QED) is 0.668. The van der Waals surface area contributed by atoms with Crippen LogP contribution in [0.4, 0.5) is 11.4 Å². The Hall–Kier alpha value is -2.82. The molecule has 1 aliphatic rings. The first-order valence-corrected chi connectivity index (χ1v) is 9.06. The Labute approximate surface area is 154 Å². The summed E-state index contributed by atoms with van der Waals surface area (Å²) < 4.78 is 0. The van der Waals surface area contributed by atoms with Gasteiger partial charge in [0.1, 0.15) is 0 Å². The van der Waals surface area contributed by atoms with E-state index < -0.39 is 0 Å². The van der Waals surface area contributed by atoms with Gasteiger partial charge in [-0.2, -0.15) is 0 Å². The average Bonchev–Trinajstić information content (AvgIpc) is 3.47. The molecule has 2 amide bonds. The van der Waals surface area contributed by atoms with E-state index in [9.17, 15) is 9.59 Å². The van der Waals surface area contributed by atoms with Gasteiger partial charge in [-0.05, 0) is 55.5 Å². The molecule has 4 N–H and O–H groups in total. The lowest BCUT2D eigenvalue weighted by Crippen LogP contribution is -2.26. The maximum atomic E-state index is 12.2. The summed E-state index contributed by atoms with van der Waals surface area (Å²) >= 11 is 0. The van der Waals surface area contributed by atoms with E-state index in [2.05, 4.69) is 10.6 Å². The number of aryl methyl sites for hydroxylation is 1. The lowest BCUT2D eigenvalue weighted by molar-refractivity contribution is -0.121. The number of anilines is 2. The number of carbonyl (C=O) groups excluding carboxylic acids is 2. The molecule has 1 saturated carbocycles. The molecule has 26 heavy (non-hydrogen) atoms. The third kappa shape index (κ3) is 4.85. The molecule has 0 saturated heterocycles. The predicted molar refractivity (Wildman–Crippen MR) is 104 cm³/mol. The largest absolute Gasteiger partial charge is 0.399 e. The van der Waals surface area contributed by atoms with E-state index in [4.69, 9.17) is 5.73 Å². The number of hydrogen-bond donors (Lipinski definition) is 3. The Morgan fingerprint density at radius 3 is 2.46 bits per heavy atom. The number of benzene rings is 2. The number of hydrogen-bond acceptors (Lipinski definition) is 3. The SMILES string of the molecule is CC(NC(=O)CCc1ccccc1N)c1ccc(NC(=O)C2CC2)cc1. The summed E-state index contributed by atoms with van der Waals surface area (Å²) in [5.41, 5.74) is 9.42. The van der Waals surface area contributed by atoms with Crippen LogP contribution < -0.4 is 16.4 Å². The minimum Gasteiger partial charge on any atom is -0.399 e. The third-order valence-electron chi connectivity index (χ3n) is 4.68. The Balaban J connectivity index is 1.49. The molecule has 0 aromatic heterocycles. The molecular formula is C21H25N3O2. The molecular weight excluding hydrogens is 326 g/mol. The summed E-state index contributed by atoms with van der Waals surface area (Å²) in [6.45, 7) is 1.95. The molecule has 0 spiro atoms. The van der Waals surface area contributed by atoms with Crippen LogP contribution in [0.5, 0.6) is 0 Å². The van der Waals surface area contributed by atoms with E-state index >= 15 is 0 Å². The van der Waals surface area contributed by atoms with Gasteiger partial charge in [0.05, 0.1) is 6.04 Å². The fourth-order valence-electron chi connectivity index (χ4n) is 2.85. The molecule has 0 radical (unpaired) electrons. The van der Waals surface area contributed by atoms with Gasteiger partial charge in [0.2, 0.25) is 11.8 Å². The molecule has 1 atom stereocenters. The summed E-state index contributed by atoms with van der Waals surface area (Å²) in [5.74, 6) is 0.276. The number of rotatable bonds is 7. The van der Waals surface area contributed by atoms with Gasteiger partial charge in [0, 0.05) is 23.7 Å². The fraction of sp³-hybridized carbons (Fsp3) is 0.333. The fourth-order valence-corrected chi connectivity index (χ4v) is 2.85. The van der Waals surface area contributed by atoms with Crippen molar-refractivity contribution < 1.29 is 9.59 Å². The van der Waals surface area contributed by atoms with Gasteiger partial charge in [-0.25, -0.2) is 0 Å². The Kier molecular flexibility index (Phi) is 5.56. The van der Waals surface area contributed by atoms with Crippen molar-refractivity contribution in [2.24, 2.45) is 5.92 Å². The second-order valence-corrected chi connectivity index (χ2v) is 6.87. The van der Waals surface area contributed by atoms with Gasteiger partial charge in [-0.3, -0.25) is 9.59 Å². The topological polar surface area (TPSA) is 84.2 Å². The van der Waals surface area contributed by atoms with E-state index in [1.54, 1.807) is 0 Å². The van der Waals surface area contributed by atoms with Gasteiger partial charge in [-0.1, -0.05) is 30.3 Å². The Morgan fingerprint density at radius 2 is 1.81 bits per heavy atom. The molecule has 1 fully saturated rings. The number of nitrogen functional groups attached to an aromatic ring is 1. The molecule has 3 rings (SSSR count). The Morgan fingerprint density at radius 1 is 1.12 bits per heavy atom. The zero-order valence-electron chi connectivity index (χ0n) is 15.0.